The Kier molecular flexibility index (Phi) is 10.8. The lowest BCUT2D eigenvalue weighted by molar-refractivity contribution is 0.332. The first-order valence-electron chi connectivity index (χ1n) is 25.8. The van der Waals surface area contributed by atoms with Crippen LogP contribution in [0.2, 0.25) is 0 Å². The fraction of sp³-hybridized carbons (Fsp3) is 0.364. The van der Waals surface area contributed by atoms with Gasteiger partial charge in [-0.2, -0.15) is 0 Å². The van der Waals surface area contributed by atoms with Gasteiger partial charge >= 0.3 is 0 Å². The van der Waals surface area contributed by atoms with E-state index in [2.05, 4.69) is 260 Å². The van der Waals surface area contributed by atoms with Crippen LogP contribution in [-0.2, 0) is 32.5 Å². The van der Waals surface area contributed by atoms with Gasteiger partial charge in [0.2, 0.25) is 0 Å². The van der Waals surface area contributed by atoms with Crippen molar-refractivity contribution in [3.05, 3.63) is 173 Å². The highest BCUT2D eigenvalue weighted by Gasteiger charge is 2.48. The Morgan fingerprint density at radius 1 is 0.391 bits per heavy atom. The molecular weight excluding hydrogens is 832 g/mol. The van der Waals surface area contributed by atoms with Crippen molar-refractivity contribution in [1.82, 2.24) is 0 Å². The molecule has 0 unspecified atom stereocenters. The molecule has 69 heavy (non-hydrogen) atoms. The lowest BCUT2D eigenvalue weighted by Gasteiger charge is -2.48. The molecule has 0 N–H and O–H groups in total. The molecule has 1 aliphatic carbocycles. The topological polar surface area (TPSA) is 6.48 Å². The fourth-order valence-corrected chi connectivity index (χ4v) is 11.6. The minimum absolute atomic E-state index is 0.00155. The van der Waals surface area contributed by atoms with Crippen molar-refractivity contribution in [2.24, 2.45) is 0 Å². The number of nitrogens with zero attached hydrogens (tertiary/aromatic N) is 2. The zero-order valence-electron chi connectivity index (χ0n) is 44.7. The summed E-state index contributed by atoms with van der Waals surface area (Å²) in [6, 6.07) is 54.8. The standard InChI is InChI=1S/C66H75BN2/c1-61(2,3)44-28-23-29-48(34-44)68-55-37-45(62(4,5)6)30-31-53(55)67-54-40-51-52(66(15,16)33-32-65(51,13)14)41-56(54)69(58-39-47(64(10,11)12)38-57(68)59(58)67)60-49(42-24-19-17-20-25-42)35-46(63(7,8)9)36-50(60)43-26-21-18-22-27-43/h17-31,34-41H,32-33H2,1-16H3. The molecular formula is C66H75BN2. The second-order valence-electron chi connectivity index (χ2n) is 26.2. The van der Waals surface area contributed by atoms with Gasteiger partial charge in [0, 0.05) is 39.6 Å². The molecule has 3 aliphatic rings. The minimum atomic E-state index is -0.151. The van der Waals surface area contributed by atoms with E-state index in [4.69, 9.17) is 0 Å². The molecule has 0 saturated carbocycles. The van der Waals surface area contributed by atoms with Gasteiger partial charge in [0.1, 0.15) is 0 Å². The number of hydrogen-bond acceptors (Lipinski definition) is 2. The summed E-state index contributed by atoms with van der Waals surface area (Å²) in [6.07, 6.45) is 2.31. The van der Waals surface area contributed by atoms with Crippen LogP contribution in [0.25, 0.3) is 22.3 Å². The summed E-state index contributed by atoms with van der Waals surface area (Å²) in [5.41, 5.74) is 24.7. The van der Waals surface area contributed by atoms with Crippen molar-refractivity contribution in [3.63, 3.8) is 0 Å². The maximum absolute atomic E-state index is 2.76. The average molecular weight is 907 g/mol. The van der Waals surface area contributed by atoms with E-state index in [0.29, 0.717) is 0 Å². The van der Waals surface area contributed by atoms with Gasteiger partial charge in [-0.3, -0.25) is 0 Å². The van der Waals surface area contributed by atoms with E-state index in [1.807, 2.05) is 0 Å². The lowest BCUT2D eigenvalue weighted by atomic mass is 9.33. The molecule has 3 heteroatoms. The van der Waals surface area contributed by atoms with Crippen LogP contribution < -0.4 is 26.2 Å². The first-order chi connectivity index (χ1) is 32.2. The van der Waals surface area contributed by atoms with E-state index in [1.54, 1.807) is 0 Å². The van der Waals surface area contributed by atoms with Gasteiger partial charge in [0.25, 0.3) is 6.71 Å². The van der Waals surface area contributed by atoms with Crippen LogP contribution in [0.15, 0.2) is 140 Å². The van der Waals surface area contributed by atoms with Gasteiger partial charge in [-0.15, -0.1) is 0 Å². The Balaban J connectivity index is 1.43. The number of hydrogen-bond donors (Lipinski definition) is 0. The molecule has 2 nitrogen and oxygen atoms in total. The molecule has 0 aromatic heterocycles. The fourth-order valence-electron chi connectivity index (χ4n) is 11.6. The summed E-state index contributed by atoms with van der Waals surface area (Å²) >= 11 is 0. The first kappa shape index (κ1) is 46.9. The Morgan fingerprint density at radius 3 is 1.36 bits per heavy atom. The summed E-state index contributed by atoms with van der Waals surface area (Å²) in [7, 11) is 0. The third-order valence-electron chi connectivity index (χ3n) is 16.1. The highest BCUT2D eigenvalue weighted by molar-refractivity contribution is 7.00. The van der Waals surface area contributed by atoms with Crippen LogP contribution in [0.4, 0.5) is 34.1 Å². The number of fused-ring (bicyclic) bond motifs is 5. The zero-order chi connectivity index (χ0) is 49.4. The van der Waals surface area contributed by atoms with Gasteiger partial charge in [-0.05, 0) is 155 Å². The highest BCUT2D eigenvalue weighted by atomic mass is 15.2. The monoisotopic (exact) mass is 907 g/mol. The van der Waals surface area contributed by atoms with Crippen LogP contribution in [0, 0.1) is 0 Å². The zero-order valence-corrected chi connectivity index (χ0v) is 44.7. The third kappa shape index (κ3) is 7.97. The Morgan fingerprint density at radius 2 is 0.841 bits per heavy atom. The molecule has 0 amide bonds. The molecule has 2 aliphatic heterocycles. The predicted molar refractivity (Wildman–Crippen MR) is 301 cm³/mol. The molecule has 7 aromatic rings. The van der Waals surface area contributed by atoms with Gasteiger partial charge in [0.05, 0.1) is 5.69 Å². The van der Waals surface area contributed by atoms with Crippen molar-refractivity contribution in [1.29, 1.82) is 0 Å². The lowest BCUT2D eigenvalue weighted by Crippen LogP contribution is -2.62. The Bertz CT molecular complexity index is 3080. The summed E-state index contributed by atoms with van der Waals surface area (Å²) in [5, 5.41) is 0. The largest absolute Gasteiger partial charge is 0.311 e. The molecule has 352 valence electrons. The van der Waals surface area contributed by atoms with Gasteiger partial charge in [-0.1, -0.05) is 202 Å². The molecule has 10 rings (SSSR count). The second-order valence-corrected chi connectivity index (χ2v) is 26.2. The normalized spacial score (nSPS) is 16.1. The molecule has 2 heterocycles. The molecule has 0 radical (unpaired) electrons. The summed E-state index contributed by atoms with van der Waals surface area (Å²) in [6.45, 7) is 38.3. The minimum Gasteiger partial charge on any atom is -0.311 e. The summed E-state index contributed by atoms with van der Waals surface area (Å²) in [5.74, 6) is 0. The number of benzene rings is 7. The maximum atomic E-state index is 2.76. The van der Waals surface area contributed by atoms with E-state index in [9.17, 15) is 0 Å². The SMILES string of the molecule is CC(C)(C)c1cccc(N2c3cc(C(C)(C)C)ccc3B3c4cc5c(cc4N(c4c(-c6ccccc6)cc(C(C)(C)C)cc4-c4ccccc4)c4cc(C(C)(C)C)cc2c43)C(C)(C)CCC5(C)C)c1. The van der Waals surface area contributed by atoms with Crippen LogP contribution in [0.1, 0.15) is 157 Å². The van der Waals surface area contributed by atoms with Crippen LogP contribution in [0.3, 0.4) is 0 Å². The molecule has 0 spiro atoms. The van der Waals surface area contributed by atoms with Crippen molar-refractivity contribution in [2.75, 3.05) is 9.80 Å². The highest BCUT2D eigenvalue weighted by Crippen LogP contribution is 2.55. The van der Waals surface area contributed by atoms with Gasteiger partial charge in [0.15, 0.2) is 0 Å². The summed E-state index contributed by atoms with van der Waals surface area (Å²) < 4.78 is 0. The maximum Gasteiger partial charge on any atom is 0.252 e. The summed E-state index contributed by atoms with van der Waals surface area (Å²) in [4.78, 5) is 5.41. The molecule has 0 atom stereocenters. The van der Waals surface area contributed by atoms with E-state index in [1.165, 1.54) is 106 Å². The van der Waals surface area contributed by atoms with Crippen molar-refractivity contribution >= 4 is 57.2 Å². The number of rotatable bonds is 4. The van der Waals surface area contributed by atoms with Gasteiger partial charge in [-0.25, -0.2) is 0 Å². The van der Waals surface area contributed by atoms with Crippen LogP contribution in [0.5, 0.6) is 0 Å². The van der Waals surface area contributed by atoms with Crippen LogP contribution in [-0.4, -0.2) is 6.71 Å². The average Bonchev–Trinajstić information content (AvgIpc) is 3.29. The van der Waals surface area contributed by atoms with Crippen molar-refractivity contribution < 1.29 is 0 Å². The second kappa shape index (κ2) is 15.9. The van der Waals surface area contributed by atoms with E-state index in [-0.39, 0.29) is 39.2 Å². The van der Waals surface area contributed by atoms with E-state index in [0.717, 1.165) is 12.8 Å². The predicted octanol–water partition coefficient (Wildman–Crippen LogP) is 16.6. The van der Waals surface area contributed by atoms with E-state index < -0.39 is 0 Å². The quantitative estimate of drug-likeness (QED) is 0.162. The third-order valence-corrected chi connectivity index (χ3v) is 16.1. The van der Waals surface area contributed by atoms with E-state index >= 15 is 0 Å². The number of anilines is 6. The van der Waals surface area contributed by atoms with Gasteiger partial charge < -0.3 is 9.80 Å². The van der Waals surface area contributed by atoms with Crippen LogP contribution >= 0.6 is 0 Å². The Labute approximate surface area is 416 Å². The first-order valence-corrected chi connectivity index (χ1v) is 25.8. The smallest absolute Gasteiger partial charge is 0.252 e. The Hall–Kier alpha value is -5.80. The van der Waals surface area contributed by atoms with Crippen molar-refractivity contribution in [3.8, 4) is 22.3 Å². The molecule has 7 aromatic carbocycles. The molecule has 0 saturated heterocycles. The molecule has 0 fully saturated rings. The van der Waals surface area contributed by atoms with Crippen molar-refractivity contribution in [2.45, 2.75) is 156 Å². The molecule has 0 bridgehead atoms.